The zero-order chi connectivity index (χ0) is 13.1. The van der Waals surface area contributed by atoms with Gasteiger partial charge in [-0.15, -0.1) is 11.8 Å². The molecule has 19 heavy (non-hydrogen) atoms. The van der Waals surface area contributed by atoms with Crippen molar-refractivity contribution < 1.29 is 0 Å². The van der Waals surface area contributed by atoms with Crippen LogP contribution in [0.15, 0.2) is 47.5 Å². The lowest BCUT2D eigenvalue weighted by Crippen LogP contribution is -2.03. The number of unbranched alkanes of at least 4 members (excludes halogenated alkanes) is 2. The molecule has 1 aliphatic heterocycles. The van der Waals surface area contributed by atoms with Crippen molar-refractivity contribution in [1.29, 1.82) is 0 Å². The van der Waals surface area contributed by atoms with Gasteiger partial charge in [0.2, 0.25) is 0 Å². The average molecular weight is 271 g/mol. The van der Waals surface area contributed by atoms with Crippen LogP contribution in [0, 0.1) is 0 Å². The highest BCUT2D eigenvalue weighted by Crippen LogP contribution is 2.43. The van der Waals surface area contributed by atoms with Crippen LogP contribution in [-0.4, -0.2) is 4.57 Å². The van der Waals surface area contributed by atoms with E-state index in [-0.39, 0.29) is 0 Å². The molecular weight excluding hydrogens is 250 g/mol. The molecule has 1 aromatic carbocycles. The van der Waals surface area contributed by atoms with E-state index in [0.717, 1.165) is 6.54 Å². The normalized spacial score (nSPS) is 17.6. The van der Waals surface area contributed by atoms with Gasteiger partial charge in [0, 0.05) is 28.6 Å². The standard InChI is InChI=1S/C17H21NS/c1-2-3-4-11-17-15-9-7-12-18(15)13-14-8-5-6-10-16(14)19-17/h5-10,12,17H,2-4,11,13H2,1H3. The minimum atomic E-state index is 0.616. The summed E-state index contributed by atoms with van der Waals surface area (Å²) in [5.41, 5.74) is 2.96. The van der Waals surface area contributed by atoms with Gasteiger partial charge in [-0.1, -0.05) is 44.4 Å². The lowest BCUT2D eigenvalue weighted by Gasteiger charge is -2.15. The molecule has 1 nitrogen and oxygen atoms in total. The smallest absolute Gasteiger partial charge is 0.0497 e. The van der Waals surface area contributed by atoms with Crippen molar-refractivity contribution in [2.45, 2.75) is 49.3 Å². The number of benzene rings is 1. The molecule has 1 aliphatic rings. The molecule has 1 unspecified atom stereocenters. The van der Waals surface area contributed by atoms with Crippen LogP contribution in [0.2, 0.25) is 0 Å². The summed E-state index contributed by atoms with van der Waals surface area (Å²) in [4.78, 5) is 1.47. The van der Waals surface area contributed by atoms with Crippen molar-refractivity contribution in [3.8, 4) is 0 Å². The predicted octanol–water partition coefficient (Wildman–Crippen LogP) is 5.26. The minimum Gasteiger partial charge on any atom is -0.346 e. The molecule has 0 saturated heterocycles. The Bertz CT molecular complexity index is 544. The molecule has 2 heterocycles. The summed E-state index contributed by atoms with van der Waals surface area (Å²) >= 11 is 2.05. The van der Waals surface area contributed by atoms with Crippen LogP contribution in [0.1, 0.15) is 49.1 Å². The fourth-order valence-electron chi connectivity index (χ4n) is 2.80. The van der Waals surface area contributed by atoms with Crippen LogP contribution in [0.5, 0.6) is 0 Å². The molecule has 0 radical (unpaired) electrons. The molecule has 2 aromatic rings. The molecule has 100 valence electrons. The van der Waals surface area contributed by atoms with Crippen molar-refractivity contribution in [3.05, 3.63) is 53.9 Å². The lowest BCUT2D eigenvalue weighted by atomic mass is 10.1. The molecule has 0 bridgehead atoms. The largest absolute Gasteiger partial charge is 0.346 e. The van der Waals surface area contributed by atoms with E-state index in [2.05, 4.69) is 65.8 Å². The Morgan fingerprint density at radius 3 is 2.95 bits per heavy atom. The van der Waals surface area contributed by atoms with E-state index in [0.29, 0.717) is 5.25 Å². The van der Waals surface area contributed by atoms with Crippen LogP contribution >= 0.6 is 11.8 Å². The maximum Gasteiger partial charge on any atom is 0.0497 e. The molecule has 0 aliphatic carbocycles. The second kappa shape index (κ2) is 5.87. The Morgan fingerprint density at radius 1 is 1.16 bits per heavy atom. The Morgan fingerprint density at radius 2 is 2.05 bits per heavy atom. The van der Waals surface area contributed by atoms with Crippen molar-refractivity contribution in [3.63, 3.8) is 0 Å². The third-order valence-electron chi connectivity index (χ3n) is 3.85. The summed E-state index contributed by atoms with van der Waals surface area (Å²) in [5, 5.41) is 0.616. The first-order valence-electron chi connectivity index (χ1n) is 7.28. The zero-order valence-corrected chi connectivity index (χ0v) is 12.3. The van der Waals surface area contributed by atoms with Crippen molar-refractivity contribution in [1.82, 2.24) is 4.57 Å². The fourth-order valence-corrected chi connectivity index (χ4v) is 4.16. The first-order valence-corrected chi connectivity index (χ1v) is 8.16. The summed E-state index contributed by atoms with van der Waals surface area (Å²) in [6.07, 6.45) is 7.50. The Balaban J connectivity index is 1.88. The minimum absolute atomic E-state index is 0.616. The first-order chi connectivity index (χ1) is 9.38. The lowest BCUT2D eigenvalue weighted by molar-refractivity contribution is 0.634. The van der Waals surface area contributed by atoms with Gasteiger partial charge in [0.05, 0.1) is 0 Å². The molecule has 0 saturated carbocycles. The number of hydrogen-bond donors (Lipinski definition) is 0. The second-order valence-electron chi connectivity index (χ2n) is 5.27. The second-order valence-corrected chi connectivity index (χ2v) is 6.52. The molecule has 1 aromatic heterocycles. The van der Waals surface area contributed by atoms with Crippen LogP contribution in [0.25, 0.3) is 0 Å². The first kappa shape index (κ1) is 12.9. The molecule has 1 atom stereocenters. The summed E-state index contributed by atoms with van der Waals surface area (Å²) < 4.78 is 2.43. The molecule has 3 rings (SSSR count). The third kappa shape index (κ3) is 2.74. The number of fused-ring (bicyclic) bond motifs is 2. The fraction of sp³-hybridized carbons (Fsp3) is 0.412. The van der Waals surface area contributed by atoms with Crippen LogP contribution in [-0.2, 0) is 6.54 Å². The Kier molecular flexibility index (Phi) is 3.97. The van der Waals surface area contributed by atoms with Gasteiger partial charge < -0.3 is 4.57 Å². The molecule has 0 amide bonds. The van der Waals surface area contributed by atoms with Gasteiger partial charge in [0.15, 0.2) is 0 Å². The highest BCUT2D eigenvalue weighted by Gasteiger charge is 2.21. The van der Waals surface area contributed by atoms with Crippen LogP contribution in [0.4, 0.5) is 0 Å². The molecular formula is C17H21NS. The molecule has 0 N–H and O–H groups in total. The van der Waals surface area contributed by atoms with Gasteiger partial charge in [0.1, 0.15) is 0 Å². The highest BCUT2D eigenvalue weighted by molar-refractivity contribution is 7.99. The maximum absolute atomic E-state index is 2.43. The van der Waals surface area contributed by atoms with Gasteiger partial charge in [-0.2, -0.15) is 0 Å². The average Bonchev–Trinajstić information content (AvgIpc) is 2.82. The van der Waals surface area contributed by atoms with Crippen molar-refractivity contribution in [2.75, 3.05) is 0 Å². The maximum atomic E-state index is 2.43. The van der Waals surface area contributed by atoms with Crippen LogP contribution in [0.3, 0.4) is 0 Å². The quantitative estimate of drug-likeness (QED) is 0.686. The van der Waals surface area contributed by atoms with E-state index in [1.165, 1.54) is 41.8 Å². The SMILES string of the molecule is CCCCCC1Sc2ccccc2Cn2cccc21. The molecule has 0 fully saturated rings. The van der Waals surface area contributed by atoms with Crippen LogP contribution < -0.4 is 0 Å². The van der Waals surface area contributed by atoms with E-state index in [1.54, 1.807) is 0 Å². The van der Waals surface area contributed by atoms with Gasteiger partial charge in [-0.3, -0.25) is 0 Å². The highest BCUT2D eigenvalue weighted by atomic mass is 32.2. The third-order valence-corrected chi connectivity index (χ3v) is 5.26. The van der Waals surface area contributed by atoms with E-state index in [4.69, 9.17) is 0 Å². The number of aromatic nitrogens is 1. The molecule has 2 heteroatoms. The van der Waals surface area contributed by atoms with E-state index in [9.17, 15) is 0 Å². The Labute approximate surface area is 120 Å². The number of rotatable bonds is 4. The summed E-state index contributed by atoms with van der Waals surface area (Å²) in [6, 6.07) is 13.3. The van der Waals surface area contributed by atoms with E-state index >= 15 is 0 Å². The summed E-state index contributed by atoms with van der Waals surface area (Å²) in [6.45, 7) is 3.30. The van der Waals surface area contributed by atoms with Gasteiger partial charge in [-0.05, 0) is 30.2 Å². The van der Waals surface area contributed by atoms with E-state index in [1.807, 2.05) is 0 Å². The van der Waals surface area contributed by atoms with Gasteiger partial charge in [0.25, 0.3) is 0 Å². The summed E-state index contributed by atoms with van der Waals surface area (Å²) in [7, 11) is 0. The van der Waals surface area contributed by atoms with Crippen molar-refractivity contribution >= 4 is 11.8 Å². The topological polar surface area (TPSA) is 4.93 Å². The number of thioether (sulfide) groups is 1. The van der Waals surface area contributed by atoms with Gasteiger partial charge >= 0.3 is 0 Å². The monoisotopic (exact) mass is 271 g/mol. The Hall–Kier alpha value is -1.15. The van der Waals surface area contributed by atoms with E-state index < -0.39 is 0 Å². The number of hydrogen-bond acceptors (Lipinski definition) is 1. The van der Waals surface area contributed by atoms with Gasteiger partial charge in [-0.25, -0.2) is 0 Å². The number of nitrogens with zero attached hydrogens (tertiary/aromatic N) is 1. The van der Waals surface area contributed by atoms with Crippen molar-refractivity contribution in [2.24, 2.45) is 0 Å². The summed E-state index contributed by atoms with van der Waals surface area (Å²) in [5.74, 6) is 0. The zero-order valence-electron chi connectivity index (χ0n) is 11.5. The molecule has 0 spiro atoms. The predicted molar refractivity (Wildman–Crippen MR) is 82.7 cm³/mol.